The molecule has 1 aliphatic heterocycles. The van der Waals surface area contributed by atoms with Crippen molar-refractivity contribution in [3.05, 3.63) is 23.7 Å². The Morgan fingerprint density at radius 2 is 2.10 bits per heavy atom. The maximum atomic E-state index is 5.60. The lowest BCUT2D eigenvalue weighted by Gasteiger charge is -2.28. The van der Waals surface area contributed by atoms with E-state index in [4.69, 9.17) is 4.42 Å². The average molecular weight is 276 g/mol. The number of fused-ring (bicyclic) bond motifs is 1. The quantitative estimate of drug-likeness (QED) is 0.916. The third kappa shape index (κ3) is 3.09. The largest absolute Gasteiger partial charge is 0.469 e. The highest BCUT2D eigenvalue weighted by molar-refractivity contribution is 5.24. The number of rotatable bonds is 3. The Balaban J connectivity index is 1.59. The van der Waals surface area contributed by atoms with Gasteiger partial charge in [0.2, 0.25) is 0 Å². The summed E-state index contributed by atoms with van der Waals surface area (Å²) in [7, 11) is 0. The third-order valence-electron chi connectivity index (χ3n) is 4.98. The number of nitrogens with one attached hydrogen (secondary N) is 1. The van der Waals surface area contributed by atoms with Crippen LogP contribution < -0.4 is 5.32 Å². The van der Waals surface area contributed by atoms with Crippen LogP contribution in [0.4, 0.5) is 0 Å². The molecule has 1 aromatic rings. The minimum absolute atomic E-state index is 0.521. The zero-order chi connectivity index (χ0) is 13.9. The number of hydrogen-bond acceptors (Lipinski definition) is 3. The molecule has 2 heterocycles. The summed E-state index contributed by atoms with van der Waals surface area (Å²) in [6.45, 7) is 7.12. The average Bonchev–Trinajstić information content (AvgIpc) is 2.79. The van der Waals surface area contributed by atoms with Crippen molar-refractivity contribution < 1.29 is 4.42 Å². The maximum absolute atomic E-state index is 5.60. The fourth-order valence-corrected chi connectivity index (χ4v) is 3.75. The van der Waals surface area contributed by atoms with Gasteiger partial charge in [-0.15, -0.1) is 0 Å². The van der Waals surface area contributed by atoms with Crippen molar-refractivity contribution in [3.8, 4) is 0 Å². The summed E-state index contributed by atoms with van der Waals surface area (Å²) in [5, 5.41) is 3.91. The van der Waals surface area contributed by atoms with Crippen LogP contribution in [0, 0.1) is 0 Å². The van der Waals surface area contributed by atoms with Gasteiger partial charge in [0.25, 0.3) is 0 Å². The van der Waals surface area contributed by atoms with Crippen LogP contribution in [-0.4, -0.2) is 30.1 Å². The first-order chi connectivity index (χ1) is 9.74. The van der Waals surface area contributed by atoms with E-state index in [0.717, 1.165) is 6.42 Å². The molecule has 1 aliphatic carbocycles. The molecule has 3 heteroatoms. The van der Waals surface area contributed by atoms with Gasteiger partial charge < -0.3 is 14.6 Å². The van der Waals surface area contributed by atoms with Gasteiger partial charge in [-0.2, -0.15) is 0 Å². The molecule has 1 aromatic heterocycles. The van der Waals surface area contributed by atoms with E-state index in [1.165, 1.54) is 56.5 Å². The first-order valence-corrected chi connectivity index (χ1v) is 8.30. The second-order valence-electron chi connectivity index (χ2n) is 6.67. The van der Waals surface area contributed by atoms with Gasteiger partial charge in [-0.25, -0.2) is 0 Å². The number of aryl methyl sites for hydroxylation is 1. The second-order valence-corrected chi connectivity index (χ2v) is 6.67. The predicted octanol–water partition coefficient (Wildman–Crippen LogP) is 3.51. The van der Waals surface area contributed by atoms with Gasteiger partial charge in [-0.05, 0) is 65.1 Å². The second kappa shape index (κ2) is 6.31. The smallest absolute Gasteiger partial charge is 0.108 e. The lowest BCUT2D eigenvalue weighted by molar-refractivity contribution is 0.228. The molecule has 0 bridgehead atoms. The molecule has 1 saturated heterocycles. The van der Waals surface area contributed by atoms with Crippen LogP contribution in [0.25, 0.3) is 0 Å². The highest BCUT2D eigenvalue weighted by Crippen LogP contribution is 2.31. The Labute approximate surface area is 122 Å². The molecular formula is C17H28N2O. The van der Waals surface area contributed by atoms with Crippen LogP contribution in [0.15, 0.2) is 16.7 Å². The van der Waals surface area contributed by atoms with Gasteiger partial charge in [-0.3, -0.25) is 0 Å². The zero-order valence-electron chi connectivity index (χ0n) is 12.9. The van der Waals surface area contributed by atoms with E-state index in [2.05, 4.69) is 30.1 Å². The summed E-state index contributed by atoms with van der Waals surface area (Å²) in [5.74, 6) is 1.21. The summed E-state index contributed by atoms with van der Waals surface area (Å²) >= 11 is 0. The summed E-state index contributed by atoms with van der Waals surface area (Å²) in [4.78, 5) is 2.62. The highest BCUT2D eigenvalue weighted by Gasteiger charge is 2.26. The van der Waals surface area contributed by atoms with Gasteiger partial charge in [0, 0.05) is 30.1 Å². The normalized spacial score (nSPS) is 28.4. The molecule has 0 aromatic carbocycles. The molecule has 2 unspecified atom stereocenters. The highest BCUT2D eigenvalue weighted by atomic mass is 16.3. The molecule has 0 amide bonds. The van der Waals surface area contributed by atoms with Gasteiger partial charge in [-0.1, -0.05) is 0 Å². The Hall–Kier alpha value is -0.800. The van der Waals surface area contributed by atoms with Crippen LogP contribution in [0.3, 0.4) is 0 Å². The van der Waals surface area contributed by atoms with Crippen molar-refractivity contribution in [1.82, 2.24) is 10.2 Å². The lowest BCUT2D eigenvalue weighted by Crippen LogP contribution is -2.36. The topological polar surface area (TPSA) is 28.4 Å². The minimum Gasteiger partial charge on any atom is -0.469 e. The summed E-state index contributed by atoms with van der Waals surface area (Å²) in [5.41, 5.74) is 1.42. The van der Waals surface area contributed by atoms with Crippen molar-refractivity contribution in [2.75, 3.05) is 13.1 Å². The molecule has 1 fully saturated rings. The Morgan fingerprint density at radius 1 is 1.20 bits per heavy atom. The first-order valence-electron chi connectivity index (χ1n) is 8.30. The number of likely N-dealkylation sites (tertiary alicyclic amines) is 1. The molecule has 2 atom stereocenters. The molecule has 3 nitrogen and oxygen atoms in total. The van der Waals surface area contributed by atoms with Gasteiger partial charge in [0.1, 0.15) is 5.76 Å². The maximum Gasteiger partial charge on any atom is 0.108 e. The van der Waals surface area contributed by atoms with Crippen LogP contribution in [0.2, 0.25) is 0 Å². The van der Waals surface area contributed by atoms with Crippen molar-refractivity contribution in [2.24, 2.45) is 0 Å². The van der Waals surface area contributed by atoms with Crippen LogP contribution >= 0.6 is 0 Å². The monoisotopic (exact) mass is 276 g/mol. The van der Waals surface area contributed by atoms with Crippen molar-refractivity contribution in [2.45, 2.75) is 70.5 Å². The van der Waals surface area contributed by atoms with E-state index in [1.54, 1.807) is 0 Å². The number of hydrogen-bond donors (Lipinski definition) is 1. The Kier molecular flexibility index (Phi) is 4.47. The zero-order valence-corrected chi connectivity index (χ0v) is 12.9. The molecular weight excluding hydrogens is 248 g/mol. The van der Waals surface area contributed by atoms with Crippen LogP contribution in [0.5, 0.6) is 0 Å². The van der Waals surface area contributed by atoms with E-state index >= 15 is 0 Å². The first kappa shape index (κ1) is 14.2. The summed E-state index contributed by atoms with van der Waals surface area (Å²) in [6.07, 6.45) is 9.40. The van der Waals surface area contributed by atoms with E-state index in [9.17, 15) is 0 Å². The Morgan fingerprint density at radius 3 is 2.95 bits per heavy atom. The summed E-state index contributed by atoms with van der Waals surface area (Å²) in [6, 6.07) is 4.05. The van der Waals surface area contributed by atoms with Gasteiger partial charge in [0.15, 0.2) is 0 Å². The van der Waals surface area contributed by atoms with Crippen LogP contribution in [0.1, 0.15) is 63.3 Å². The third-order valence-corrected chi connectivity index (χ3v) is 4.98. The lowest BCUT2D eigenvalue weighted by atomic mass is 9.92. The van der Waals surface area contributed by atoms with Crippen molar-refractivity contribution in [3.63, 3.8) is 0 Å². The summed E-state index contributed by atoms with van der Waals surface area (Å²) < 4.78 is 5.60. The molecule has 2 aliphatic rings. The predicted molar refractivity (Wildman–Crippen MR) is 81.9 cm³/mol. The van der Waals surface area contributed by atoms with E-state index in [1.807, 2.05) is 6.26 Å². The van der Waals surface area contributed by atoms with Gasteiger partial charge >= 0.3 is 0 Å². The number of nitrogens with zero attached hydrogens (tertiary/aromatic N) is 1. The molecule has 3 rings (SSSR count). The molecule has 20 heavy (non-hydrogen) atoms. The molecule has 1 N–H and O–H groups in total. The number of furan rings is 1. The van der Waals surface area contributed by atoms with Crippen molar-refractivity contribution >= 4 is 0 Å². The van der Waals surface area contributed by atoms with E-state index in [-0.39, 0.29) is 0 Å². The van der Waals surface area contributed by atoms with Crippen LogP contribution in [-0.2, 0) is 6.42 Å². The van der Waals surface area contributed by atoms with Crippen molar-refractivity contribution in [1.29, 1.82) is 0 Å². The molecule has 0 spiro atoms. The van der Waals surface area contributed by atoms with Gasteiger partial charge in [0.05, 0.1) is 6.26 Å². The SMILES string of the molecule is CC(C)N1CCCC(NC2CCCc3occc32)CC1. The molecule has 0 saturated carbocycles. The standard InChI is InChI=1S/C17H28N2O/c1-13(2)19-10-4-5-14(8-11-19)18-16-6-3-7-17-15(16)9-12-20-17/h9,12-14,16,18H,3-8,10-11H2,1-2H3. The molecule has 112 valence electrons. The Bertz CT molecular complexity index is 426. The van der Waals surface area contributed by atoms with E-state index in [0.29, 0.717) is 18.1 Å². The minimum atomic E-state index is 0.521. The fourth-order valence-electron chi connectivity index (χ4n) is 3.75. The molecule has 0 radical (unpaired) electrons. The van der Waals surface area contributed by atoms with E-state index < -0.39 is 0 Å². The fraction of sp³-hybridized carbons (Fsp3) is 0.765.